The van der Waals surface area contributed by atoms with Gasteiger partial charge in [0.1, 0.15) is 6.04 Å². The lowest BCUT2D eigenvalue weighted by Gasteiger charge is -2.36. The molecule has 1 aliphatic carbocycles. The standard InChI is InChI=1S/C20H27N3O5/c1-13-6-8-22(9-7-13)19(20(24)21-14-4-2-3-5-14)15-10-17-18(28-12-27-17)11-16(15)23(25)26/h10-11,13-14,19H,2-9,12H2,1H3,(H,21,24)/t19-/m1/s1. The molecule has 0 unspecified atom stereocenters. The number of likely N-dealkylation sites (tertiary alicyclic amines) is 1. The number of amides is 1. The molecule has 1 aromatic rings. The summed E-state index contributed by atoms with van der Waals surface area (Å²) in [5.74, 6) is 1.27. The minimum atomic E-state index is -0.692. The summed E-state index contributed by atoms with van der Waals surface area (Å²) in [6.07, 6.45) is 6.12. The van der Waals surface area contributed by atoms with Crippen LogP contribution in [0.15, 0.2) is 12.1 Å². The lowest BCUT2D eigenvalue weighted by Crippen LogP contribution is -2.46. The van der Waals surface area contributed by atoms with Gasteiger partial charge in [-0.1, -0.05) is 19.8 Å². The zero-order valence-corrected chi connectivity index (χ0v) is 16.2. The molecule has 0 radical (unpaired) electrons. The topological polar surface area (TPSA) is 93.9 Å². The number of nitrogens with one attached hydrogen (secondary N) is 1. The van der Waals surface area contributed by atoms with Crippen LogP contribution in [0, 0.1) is 16.0 Å². The number of rotatable bonds is 5. The van der Waals surface area contributed by atoms with Crippen molar-refractivity contribution in [2.24, 2.45) is 5.92 Å². The van der Waals surface area contributed by atoms with E-state index >= 15 is 0 Å². The lowest BCUT2D eigenvalue weighted by atomic mass is 9.94. The van der Waals surface area contributed by atoms with E-state index in [0.29, 0.717) is 23.0 Å². The second kappa shape index (κ2) is 7.95. The van der Waals surface area contributed by atoms with Gasteiger partial charge in [-0.25, -0.2) is 0 Å². The summed E-state index contributed by atoms with van der Waals surface area (Å²) in [4.78, 5) is 26.7. The van der Waals surface area contributed by atoms with Crippen molar-refractivity contribution in [1.29, 1.82) is 0 Å². The van der Waals surface area contributed by atoms with Gasteiger partial charge in [-0.05, 0) is 50.8 Å². The molecule has 1 amide bonds. The van der Waals surface area contributed by atoms with Crippen molar-refractivity contribution in [3.8, 4) is 11.5 Å². The van der Waals surface area contributed by atoms with Gasteiger partial charge in [-0.15, -0.1) is 0 Å². The monoisotopic (exact) mass is 389 g/mol. The van der Waals surface area contributed by atoms with E-state index in [4.69, 9.17) is 9.47 Å². The van der Waals surface area contributed by atoms with Crippen LogP contribution in [0.25, 0.3) is 0 Å². The molecule has 1 atom stereocenters. The van der Waals surface area contributed by atoms with Gasteiger partial charge >= 0.3 is 0 Å². The van der Waals surface area contributed by atoms with Crippen LogP contribution in [0.1, 0.15) is 57.1 Å². The molecule has 0 bridgehead atoms. The van der Waals surface area contributed by atoms with Crippen LogP contribution in [-0.4, -0.2) is 41.7 Å². The number of ether oxygens (including phenoxy) is 2. The number of hydrogen-bond acceptors (Lipinski definition) is 6. The zero-order valence-electron chi connectivity index (χ0n) is 16.2. The molecule has 1 N–H and O–H groups in total. The quantitative estimate of drug-likeness (QED) is 0.614. The number of piperidine rings is 1. The molecule has 1 aromatic carbocycles. The van der Waals surface area contributed by atoms with Gasteiger partial charge in [0.25, 0.3) is 5.69 Å². The van der Waals surface area contributed by atoms with Crippen molar-refractivity contribution in [3.63, 3.8) is 0 Å². The Morgan fingerprint density at radius 3 is 2.46 bits per heavy atom. The molecule has 0 spiro atoms. The molecular formula is C20H27N3O5. The highest BCUT2D eigenvalue weighted by Crippen LogP contribution is 2.42. The Morgan fingerprint density at radius 2 is 1.82 bits per heavy atom. The number of hydrogen-bond donors (Lipinski definition) is 1. The molecule has 8 heteroatoms. The van der Waals surface area contributed by atoms with E-state index in [-0.39, 0.29) is 24.4 Å². The number of fused-ring (bicyclic) bond motifs is 1. The van der Waals surface area contributed by atoms with Crippen LogP contribution >= 0.6 is 0 Å². The highest BCUT2D eigenvalue weighted by Gasteiger charge is 2.37. The van der Waals surface area contributed by atoms with Crippen LogP contribution in [0.5, 0.6) is 11.5 Å². The molecule has 8 nitrogen and oxygen atoms in total. The number of carbonyl (C=O) groups is 1. The molecule has 1 saturated heterocycles. The molecule has 2 aliphatic heterocycles. The third kappa shape index (κ3) is 3.78. The summed E-state index contributed by atoms with van der Waals surface area (Å²) in [5.41, 5.74) is 0.300. The predicted octanol–water partition coefficient (Wildman–Crippen LogP) is 3.16. The Kier molecular flexibility index (Phi) is 5.39. The van der Waals surface area contributed by atoms with E-state index in [1.807, 2.05) is 0 Å². The summed E-state index contributed by atoms with van der Waals surface area (Å²) < 4.78 is 10.8. The van der Waals surface area contributed by atoms with Gasteiger partial charge < -0.3 is 14.8 Å². The Morgan fingerprint density at radius 1 is 1.18 bits per heavy atom. The highest BCUT2D eigenvalue weighted by molar-refractivity contribution is 5.85. The van der Waals surface area contributed by atoms with Crippen molar-refractivity contribution < 1.29 is 19.2 Å². The van der Waals surface area contributed by atoms with Gasteiger partial charge in [0.05, 0.1) is 16.6 Å². The first-order chi connectivity index (χ1) is 13.5. The predicted molar refractivity (Wildman–Crippen MR) is 102 cm³/mol. The van der Waals surface area contributed by atoms with Gasteiger partial charge in [0, 0.05) is 6.04 Å². The largest absolute Gasteiger partial charge is 0.454 e. The minimum absolute atomic E-state index is 0.0378. The third-order valence-electron chi connectivity index (χ3n) is 6.15. The van der Waals surface area contributed by atoms with Crippen molar-refractivity contribution in [1.82, 2.24) is 10.2 Å². The average Bonchev–Trinajstić information content (AvgIpc) is 3.34. The van der Waals surface area contributed by atoms with E-state index in [1.54, 1.807) is 6.07 Å². The van der Waals surface area contributed by atoms with Gasteiger partial charge in [-0.3, -0.25) is 19.8 Å². The van der Waals surface area contributed by atoms with Crippen molar-refractivity contribution in [3.05, 3.63) is 27.8 Å². The third-order valence-corrected chi connectivity index (χ3v) is 6.15. The van der Waals surface area contributed by atoms with Crippen LogP contribution in [0.3, 0.4) is 0 Å². The molecular weight excluding hydrogens is 362 g/mol. The number of nitrogens with zero attached hydrogens (tertiary/aromatic N) is 2. The Bertz CT molecular complexity index is 754. The van der Waals surface area contributed by atoms with Crippen LogP contribution in [0.2, 0.25) is 0 Å². The Hall–Kier alpha value is -2.35. The number of nitro groups is 1. The van der Waals surface area contributed by atoms with Gasteiger partial charge in [0.15, 0.2) is 11.5 Å². The maximum atomic E-state index is 13.3. The molecule has 28 heavy (non-hydrogen) atoms. The molecule has 4 rings (SSSR count). The molecule has 1 saturated carbocycles. The SMILES string of the molecule is CC1CCN([C@@H](C(=O)NC2CCCC2)c2cc3c(cc2[N+](=O)[O-])OCO3)CC1. The molecule has 2 fully saturated rings. The maximum Gasteiger partial charge on any atom is 0.278 e. The zero-order chi connectivity index (χ0) is 19.7. The highest BCUT2D eigenvalue weighted by atomic mass is 16.7. The lowest BCUT2D eigenvalue weighted by molar-refractivity contribution is -0.386. The van der Waals surface area contributed by atoms with E-state index in [2.05, 4.69) is 17.1 Å². The fraction of sp³-hybridized carbons (Fsp3) is 0.650. The van der Waals surface area contributed by atoms with Crippen LogP contribution < -0.4 is 14.8 Å². The summed E-state index contributed by atoms with van der Waals surface area (Å²) >= 11 is 0. The van der Waals surface area contributed by atoms with E-state index in [9.17, 15) is 14.9 Å². The number of benzene rings is 1. The average molecular weight is 389 g/mol. The Balaban J connectivity index is 1.70. The fourth-order valence-corrected chi connectivity index (χ4v) is 4.46. The maximum absolute atomic E-state index is 13.3. The second-order valence-corrected chi connectivity index (χ2v) is 8.13. The van der Waals surface area contributed by atoms with E-state index in [0.717, 1.165) is 51.6 Å². The molecule has 2 heterocycles. The number of nitro benzene ring substituents is 1. The summed E-state index contributed by atoms with van der Waals surface area (Å²) in [7, 11) is 0. The first-order valence-corrected chi connectivity index (χ1v) is 10.2. The minimum Gasteiger partial charge on any atom is -0.454 e. The molecule has 152 valence electrons. The first kappa shape index (κ1) is 19.0. The number of carbonyl (C=O) groups excluding carboxylic acids is 1. The normalized spacial score (nSPS) is 21.6. The van der Waals surface area contributed by atoms with Crippen LogP contribution in [-0.2, 0) is 4.79 Å². The Labute approximate surface area is 164 Å². The fourth-order valence-electron chi connectivity index (χ4n) is 4.46. The van der Waals surface area contributed by atoms with E-state index < -0.39 is 11.0 Å². The van der Waals surface area contributed by atoms with Crippen LogP contribution in [0.4, 0.5) is 5.69 Å². The van der Waals surface area contributed by atoms with E-state index in [1.165, 1.54) is 6.07 Å². The van der Waals surface area contributed by atoms with Crippen molar-refractivity contribution >= 4 is 11.6 Å². The first-order valence-electron chi connectivity index (χ1n) is 10.2. The second-order valence-electron chi connectivity index (χ2n) is 8.13. The summed E-state index contributed by atoms with van der Waals surface area (Å²) in [5, 5.41) is 14.9. The molecule has 3 aliphatic rings. The summed E-state index contributed by atoms with van der Waals surface area (Å²) in [6, 6.07) is 2.48. The molecule has 0 aromatic heterocycles. The van der Waals surface area contributed by atoms with Gasteiger partial charge in [-0.2, -0.15) is 0 Å². The summed E-state index contributed by atoms with van der Waals surface area (Å²) in [6.45, 7) is 3.73. The van der Waals surface area contributed by atoms with Gasteiger partial charge in [0.2, 0.25) is 12.7 Å². The smallest absolute Gasteiger partial charge is 0.278 e. The van der Waals surface area contributed by atoms with Crippen molar-refractivity contribution in [2.75, 3.05) is 19.9 Å². The van der Waals surface area contributed by atoms with Crippen molar-refractivity contribution in [2.45, 2.75) is 57.5 Å².